The van der Waals surface area contributed by atoms with Crippen LogP contribution in [-0.4, -0.2) is 23.3 Å². The van der Waals surface area contributed by atoms with Crippen molar-refractivity contribution >= 4 is 5.97 Å². The summed E-state index contributed by atoms with van der Waals surface area (Å²) in [6, 6.07) is 0. The van der Waals surface area contributed by atoms with Crippen molar-refractivity contribution in [2.75, 3.05) is 0 Å². The number of fused-ring (bicyclic) bond motifs is 2. The van der Waals surface area contributed by atoms with E-state index >= 15 is 0 Å². The van der Waals surface area contributed by atoms with Crippen LogP contribution in [-0.2, 0) is 23.1 Å². The number of ether oxygens (including phenoxy) is 2. The molecule has 1 saturated carbocycles. The second-order valence-electron chi connectivity index (χ2n) is 7.23. The van der Waals surface area contributed by atoms with Crippen molar-refractivity contribution < 1.29 is 19.4 Å². The Morgan fingerprint density at radius 3 is 2.32 bits per heavy atom. The molecule has 1 fully saturated rings. The topological polar surface area (TPSA) is 55.8 Å². The summed E-state index contributed by atoms with van der Waals surface area (Å²) in [7, 11) is 0. The van der Waals surface area contributed by atoms with Crippen LogP contribution < -0.4 is 9.47 Å². The van der Waals surface area contributed by atoms with Gasteiger partial charge in [-0.15, -0.1) is 0 Å². The maximum Gasteiger partial charge on any atom is 0.304 e. The van der Waals surface area contributed by atoms with Crippen LogP contribution in [0.15, 0.2) is 0 Å². The van der Waals surface area contributed by atoms with Crippen LogP contribution in [0.3, 0.4) is 0 Å². The van der Waals surface area contributed by atoms with Gasteiger partial charge in [-0.2, -0.15) is 0 Å². The van der Waals surface area contributed by atoms with Gasteiger partial charge in [-0.1, -0.05) is 0 Å². The molecule has 118 valence electrons. The van der Waals surface area contributed by atoms with E-state index in [0.717, 1.165) is 42.7 Å². The molecule has 4 rings (SSSR count). The van der Waals surface area contributed by atoms with Crippen molar-refractivity contribution in [2.45, 2.75) is 70.5 Å². The van der Waals surface area contributed by atoms with Crippen molar-refractivity contribution in [3.63, 3.8) is 0 Å². The van der Waals surface area contributed by atoms with Gasteiger partial charge in [-0.05, 0) is 39.2 Å². The molecule has 4 heteroatoms. The summed E-state index contributed by atoms with van der Waals surface area (Å²) in [6.45, 7) is 6.26. The van der Waals surface area contributed by atoms with E-state index in [2.05, 4.69) is 20.8 Å². The fourth-order valence-corrected chi connectivity index (χ4v) is 4.24. The van der Waals surface area contributed by atoms with Gasteiger partial charge in [0.15, 0.2) is 0 Å². The standard InChI is InChI=1S/C18H22O4/c1-9-6-12-11(3)16-13(7-10(2)21-16)15(17(12)22-9)18(4-5-18)8-14(19)20/h9-10H,4-8H2,1-3H3,(H,19,20). The van der Waals surface area contributed by atoms with E-state index in [1.54, 1.807) is 0 Å². The molecule has 0 saturated heterocycles. The van der Waals surface area contributed by atoms with Crippen LogP contribution in [0.2, 0.25) is 0 Å². The number of carbonyl (C=O) groups is 1. The molecule has 0 bridgehead atoms. The Kier molecular flexibility index (Phi) is 2.78. The molecule has 0 aromatic heterocycles. The third kappa shape index (κ3) is 1.86. The number of rotatable bonds is 3. The molecule has 3 aliphatic rings. The van der Waals surface area contributed by atoms with Gasteiger partial charge in [0, 0.05) is 34.9 Å². The Morgan fingerprint density at radius 1 is 1.14 bits per heavy atom. The molecule has 2 unspecified atom stereocenters. The van der Waals surface area contributed by atoms with Gasteiger partial charge in [0.25, 0.3) is 0 Å². The Labute approximate surface area is 130 Å². The molecule has 22 heavy (non-hydrogen) atoms. The van der Waals surface area contributed by atoms with E-state index in [1.165, 1.54) is 16.7 Å². The smallest absolute Gasteiger partial charge is 0.304 e. The number of carboxylic acid groups (broad SMARTS) is 1. The van der Waals surface area contributed by atoms with Crippen molar-refractivity contribution in [2.24, 2.45) is 0 Å². The number of hydrogen-bond acceptors (Lipinski definition) is 3. The van der Waals surface area contributed by atoms with Gasteiger partial charge >= 0.3 is 5.97 Å². The predicted molar refractivity (Wildman–Crippen MR) is 81.9 cm³/mol. The highest BCUT2D eigenvalue weighted by Gasteiger charge is 2.52. The van der Waals surface area contributed by atoms with Gasteiger partial charge in [0.2, 0.25) is 0 Å². The fourth-order valence-electron chi connectivity index (χ4n) is 4.24. The highest BCUT2D eigenvalue weighted by atomic mass is 16.5. The zero-order chi connectivity index (χ0) is 15.6. The van der Waals surface area contributed by atoms with Gasteiger partial charge in [-0.25, -0.2) is 0 Å². The first-order valence-electron chi connectivity index (χ1n) is 8.15. The highest BCUT2D eigenvalue weighted by molar-refractivity contribution is 5.73. The number of hydrogen-bond donors (Lipinski definition) is 1. The zero-order valence-electron chi connectivity index (χ0n) is 13.4. The molecule has 1 N–H and O–H groups in total. The van der Waals surface area contributed by atoms with E-state index in [-0.39, 0.29) is 24.0 Å². The summed E-state index contributed by atoms with van der Waals surface area (Å²) >= 11 is 0. The molecule has 1 aromatic rings. The number of aliphatic carboxylic acids is 1. The quantitative estimate of drug-likeness (QED) is 0.932. The summed E-state index contributed by atoms with van der Waals surface area (Å²) in [5.41, 5.74) is 4.54. The Morgan fingerprint density at radius 2 is 1.73 bits per heavy atom. The first kappa shape index (κ1) is 13.9. The third-order valence-corrected chi connectivity index (χ3v) is 5.37. The molecule has 0 amide bonds. The molecule has 2 heterocycles. The van der Waals surface area contributed by atoms with E-state index in [9.17, 15) is 9.90 Å². The summed E-state index contributed by atoms with van der Waals surface area (Å²) in [6.07, 6.45) is 4.14. The number of benzene rings is 1. The molecule has 4 nitrogen and oxygen atoms in total. The second-order valence-corrected chi connectivity index (χ2v) is 7.23. The monoisotopic (exact) mass is 302 g/mol. The molecule has 0 spiro atoms. The second kappa shape index (κ2) is 4.40. The van der Waals surface area contributed by atoms with Crippen LogP contribution in [0.4, 0.5) is 0 Å². The van der Waals surface area contributed by atoms with Crippen molar-refractivity contribution in [1.29, 1.82) is 0 Å². The largest absolute Gasteiger partial charge is 0.490 e. The van der Waals surface area contributed by atoms with Crippen molar-refractivity contribution in [1.82, 2.24) is 0 Å². The lowest BCUT2D eigenvalue weighted by molar-refractivity contribution is -0.137. The minimum absolute atomic E-state index is 0.160. The Bertz CT molecular complexity index is 633. The normalized spacial score (nSPS) is 26.9. The average molecular weight is 302 g/mol. The Hall–Kier alpha value is -1.71. The minimum atomic E-state index is -0.724. The van der Waals surface area contributed by atoms with Gasteiger partial charge in [0.05, 0.1) is 6.42 Å². The van der Waals surface area contributed by atoms with Gasteiger partial charge in [-0.3, -0.25) is 4.79 Å². The Balaban J connectivity index is 1.93. The maximum atomic E-state index is 11.4. The summed E-state index contributed by atoms with van der Waals surface area (Å²) in [5, 5.41) is 9.33. The number of carboxylic acids is 1. The lowest BCUT2D eigenvalue weighted by Crippen LogP contribution is -2.17. The average Bonchev–Trinajstić information content (AvgIpc) is 2.90. The van der Waals surface area contributed by atoms with Crippen molar-refractivity contribution in [3.8, 4) is 11.5 Å². The van der Waals surface area contributed by atoms with Crippen LogP contribution >= 0.6 is 0 Å². The van der Waals surface area contributed by atoms with Crippen molar-refractivity contribution in [3.05, 3.63) is 22.3 Å². The molecular weight excluding hydrogens is 280 g/mol. The van der Waals surface area contributed by atoms with E-state index in [1.807, 2.05) is 0 Å². The predicted octanol–water partition coefficient (Wildman–Crippen LogP) is 3.15. The fraction of sp³-hybridized carbons (Fsp3) is 0.611. The lowest BCUT2D eigenvalue weighted by Gasteiger charge is -2.22. The molecule has 0 radical (unpaired) electrons. The van der Waals surface area contributed by atoms with Crippen LogP contribution in [0, 0.1) is 6.92 Å². The summed E-state index contributed by atoms with van der Waals surface area (Å²) < 4.78 is 12.2. The van der Waals surface area contributed by atoms with Gasteiger partial charge in [0.1, 0.15) is 23.7 Å². The maximum absolute atomic E-state index is 11.4. The third-order valence-electron chi connectivity index (χ3n) is 5.37. The molecular formula is C18H22O4. The van der Waals surface area contributed by atoms with E-state index in [4.69, 9.17) is 9.47 Å². The van der Waals surface area contributed by atoms with E-state index < -0.39 is 5.97 Å². The molecule has 1 aliphatic carbocycles. The molecule has 1 aromatic carbocycles. The van der Waals surface area contributed by atoms with Gasteiger partial charge < -0.3 is 14.6 Å². The van der Waals surface area contributed by atoms with Crippen LogP contribution in [0.1, 0.15) is 55.4 Å². The first-order chi connectivity index (χ1) is 10.4. The molecule has 2 atom stereocenters. The first-order valence-corrected chi connectivity index (χ1v) is 8.15. The lowest BCUT2D eigenvalue weighted by atomic mass is 9.83. The summed E-state index contributed by atoms with van der Waals surface area (Å²) in [4.78, 5) is 11.4. The van der Waals surface area contributed by atoms with E-state index in [0.29, 0.717) is 0 Å². The summed E-state index contributed by atoms with van der Waals surface area (Å²) in [5.74, 6) is 1.24. The minimum Gasteiger partial charge on any atom is -0.490 e. The van der Waals surface area contributed by atoms with Crippen LogP contribution in [0.5, 0.6) is 11.5 Å². The zero-order valence-corrected chi connectivity index (χ0v) is 13.4. The van der Waals surface area contributed by atoms with Crippen LogP contribution in [0.25, 0.3) is 0 Å². The highest BCUT2D eigenvalue weighted by Crippen LogP contribution is 2.60. The molecule has 2 aliphatic heterocycles. The SMILES string of the molecule is Cc1c2c(c(C3(CC(=O)O)CC3)c3c1OC(C)C3)OC(C)C2.